The molecule has 0 atom stereocenters. The van der Waals surface area contributed by atoms with E-state index in [0.29, 0.717) is 0 Å². The van der Waals surface area contributed by atoms with Crippen LogP contribution < -0.4 is 0 Å². The second-order valence-electron chi connectivity index (χ2n) is 3.36. The van der Waals surface area contributed by atoms with Gasteiger partial charge in [-0.15, -0.1) is 0 Å². The van der Waals surface area contributed by atoms with Crippen molar-refractivity contribution in [1.29, 1.82) is 0 Å². The Kier molecular flexibility index (Phi) is 3.89. The van der Waals surface area contributed by atoms with Crippen LogP contribution >= 0.6 is 0 Å². The lowest BCUT2D eigenvalue weighted by atomic mass is 9.96. The summed E-state index contributed by atoms with van der Waals surface area (Å²) < 4.78 is 50.4. The lowest BCUT2D eigenvalue weighted by Gasteiger charge is -2.11. The van der Waals surface area contributed by atoms with E-state index in [-0.39, 0.29) is 11.1 Å². The third-order valence-electron chi connectivity index (χ3n) is 2.49. The molecule has 1 rings (SSSR count). The van der Waals surface area contributed by atoms with Gasteiger partial charge in [0.1, 0.15) is 11.1 Å². The molecule has 0 aliphatic carbocycles. The number of hydrogen-bond donors (Lipinski definition) is 0. The van der Waals surface area contributed by atoms with Gasteiger partial charge < -0.3 is 0 Å². The van der Waals surface area contributed by atoms with Crippen molar-refractivity contribution < 1.29 is 37.3 Å². The first-order chi connectivity index (χ1) is 8.36. The molecule has 18 heavy (non-hydrogen) atoms. The molecule has 0 N–H and O–H groups in total. The van der Waals surface area contributed by atoms with Crippen LogP contribution in [0.3, 0.4) is 0 Å². The van der Waals surface area contributed by atoms with Gasteiger partial charge in [-0.1, -0.05) is 0 Å². The van der Waals surface area contributed by atoms with Gasteiger partial charge in [0.15, 0.2) is 11.6 Å². The second kappa shape index (κ2) is 5.03. The predicted molar refractivity (Wildman–Crippen MR) is 48.9 cm³/mol. The Morgan fingerprint density at radius 1 is 0.833 bits per heavy atom. The first-order valence-electron chi connectivity index (χ1n) is 4.50. The standard InChI is InChI=1S/C10H6F4O4/c1-3-4(2)6(10(16)18-14)8(12)7(11)5(3)9(15)17-13/h1-2H3. The highest BCUT2D eigenvalue weighted by molar-refractivity contribution is 5.96. The fourth-order valence-electron chi connectivity index (χ4n) is 1.49. The highest BCUT2D eigenvalue weighted by Crippen LogP contribution is 2.26. The Bertz CT molecular complexity index is 451. The maximum atomic E-state index is 13.5. The number of carbonyl (C=O) groups excluding carboxylic acids is 2. The molecule has 8 heteroatoms. The summed E-state index contributed by atoms with van der Waals surface area (Å²) in [6, 6.07) is 0. The maximum absolute atomic E-state index is 13.5. The van der Waals surface area contributed by atoms with E-state index in [9.17, 15) is 27.4 Å². The van der Waals surface area contributed by atoms with Crippen molar-refractivity contribution in [3.63, 3.8) is 0 Å². The Morgan fingerprint density at radius 2 is 1.11 bits per heavy atom. The van der Waals surface area contributed by atoms with Gasteiger partial charge in [0.2, 0.25) is 0 Å². The zero-order valence-corrected chi connectivity index (χ0v) is 9.14. The van der Waals surface area contributed by atoms with E-state index in [2.05, 4.69) is 9.88 Å². The van der Waals surface area contributed by atoms with Gasteiger partial charge in [-0.3, -0.25) is 0 Å². The van der Waals surface area contributed by atoms with Crippen LogP contribution in [0, 0.1) is 25.5 Å². The molecule has 1 aromatic carbocycles. The van der Waals surface area contributed by atoms with E-state index in [1.807, 2.05) is 0 Å². The van der Waals surface area contributed by atoms with Gasteiger partial charge >= 0.3 is 11.9 Å². The van der Waals surface area contributed by atoms with E-state index < -0.39 is 34.7 Å². The summed E-state index contributed by atoms with van der Waals surface area (Å²) in [7, 11) is 0. The monoisotopic (exact) mass is 266 g/mol. The van der Waals surface area contributed by atoms with E-state index in [1.54, 1.807) is 0 Å². The Labute approximate surface area is 97.9 Å². The first kappa shape index (κ1) is 13.9. The minimum atomic E-state index is -1.82. The molecular weight excluding hydrogens is 260 g/mol. The fourth-order valence-corrected chi connectivity index (χ4v) is 1.49. The average Bonchev–Trinajstić information content (AvgIpc) is 2.36. The molecule has 0 spiro atoms. The molecular formula is C10H6F4O4. The van der Waals surface area contributed by atoms with E-state index in [4.69, 9.17) is 0 Å². The van der Waals surface area contributed by atoms with Crippen molar-refractivity contribution in [3.05, 3.63) is 33.9 Å². The highest BCUT2D eigenvalue weighted by Gasteiger charge is 2.30. The molecule has 0 heterocycles. The van der Waals surface area contributed by atoms with Crippen LogP contribution in [0.1, 0.15) is 31.8 Å². The van der Waals surface area contributed by atoms with Crippen molar-refractivity contribution >= 4 is 11.9 Å². The van der Waals surface area contributed by atoms with Crippen LogP contribution in [0.15, 0.2) is 0 Å². The maximum Gasteiger partial charge on any atom is 0.382 e. The van der Waals surface area contributed by atoms with Crippen molar-refractivity contribution in [2.45, 2.75) is 13.8 Å². The number of carbonyl (C=O) groups is 2. The highest BCUT2D eigenvalue weighted by atomic mass is 19.3. The second-order valence-corrected chi connectivity index (χ2v) is 3.36. The van der Waals surface area contributed by atoms with Crippen LogP contribution in [0.4, 0.5) is 17.8 Å². The van der Waals surface area contributed by atoms with Crippen LogP contribution in [-0.2, 0) is 9.88 Å². The molecule has 0 bridgehead atoms. The Hall–Kier alpha value is -2.12. The SMILES string of the molecule is Cc1c(C)c(C(=O)OF)c(F)c(F)c1C(=O)OF. The molecule has 0 radical (unpaired) electrons. The topological polar surface area (TPSA) is 52.6 Å². The molecule has 0 saturated carbocycles. The Balaban J connectivity index is 3.66. The molecule has 0 aliphatic heterocycles. The summed E-state index contributed by atoms with van der Waals surface area (Å²) in [5, 5.41) is 0. The lowest BCUT2D eigenvalue weighted by molar-refractivity contribution is -0.0802. The third kappa shape index (κ3) is 2.01. The zero-order chi connectivity index (χ0) is 14.0. The van der Waals surface area contributed by atoms with Crippen molar-refractivity contribution in [2.75, 3.05) is 0 Å². The zero-order valence-electron chi connectivity index (χ0n) is 9.14. The van der Waals surface area contributed by atoms with Crippen molar-refractivity contribution in [2.24, 2.45) is 0 Å². The summed E-state index contributed by atoms with van der Waals surface area (Å²) in [5.74, 6) is -7.15. The van der Waals surface area contributed by atoms with Crippen LogP contribution in [0.5, 0.6) is 0 Å². The molecule has 98 valence electrons. The first-order valence-corrected chi connectivity index (χ1v) is 4.50. The molecule has 0 amide bonds. The van der Waals surface area contributed by atoms with Gasteiger partial charge in [0, 0.05) is 9.05 Å². The van der Waals surface area contributed by atoms with E-state index in [1.165, 1.54) is 0 Å². The molecule has 0 aliphatic rings. The molecule has 0 unspecified atom stereocenters. The van der Waals surface area contributed by atoms with Crippen LogP contribution in [-0.4, -0.2) is 11.9 Å². The lowest BCUT2D eigenvalue weighted by Crippen LogP contribution is -2.15. The normalized spacial score (nSPS) is 10.1. The predicted octanol–water partition coefficient (Wildman–Crippen LogP) is 2.66. The molecule has 1 aromatic rings. The summed E-state index contributed by atoms with van der Waals surface area (Å²) in [6.07, 6.45) is 0. The van der Waals surface area contributed by atoms with Gasteiger partial charge in [-0.25, -0.2) is 28.3 Å². The molecule has 0 aromatic heterocycles. The summed E-state index contributed by atoms with van der Waals surface area (Å²) in [6.45, 7) is 2.22. The van der Waals surface area contributed by atoms with Gasteiger partial charge in [0.05, 0.1) is 0 Å². The number of hydrogen-bond acceptors (Lipinski definition) is 4. The summed E-state index contributed by atoms with van der Waals surface area (Å²) in [5.41, 5.74) is -2.56. The minimum absolute atomic E-state index is 0.267. The molecule has 0 fully saturated rings. The van der Waals surface area contributed by atoms with Crippen molar-refractivity contribution in [1.82, 2.24) is 0 Å². The third-order valence-corrected chi connectivity index (χ3v) is 2.49. The number of benzene rings is 1. The van der Waals surface area contributed by atoms with Crippen molar-refractivity contribution in [3.8, 4) is 0 Å². The van der Waals surface area contributed by atoms with E-state index in [0.717, 1.165) is 13.8 Å². The number of rotatable bonds is 2. The fraction of sp³-hybridized carbons (Fsp3) is 0.200. The molecule has 0 saturated heterocycles. The smallest absolute Gasteiger partial charge is 0.249 e. The van der Waals surface area contributed by atoms with Crippen LogP contribution in [0.25, 0.3) is 0 Å². The van der Waals surface area contributed by atoms with Gasteiger partial charge in [-0.05, 0) is 25.0 Å². The van der Waals surface area contributed by atoms with Crippen LogP contribution in [0.2, 0.25) is 0 Å². The molecule has 4 nitrogen and oxygen atoms in total. The van der Waals surface area contributed by atoms with E-state index >= 15 is 0 Å². The largest absolute Gasteiger partial charge is 0.382 e. The quantitative estimate of drug-likeness (QED) is 0.772. The summed E-state index contributed by atoms with van der Waals surface area (Å²) in [4.78, 5) is 27.4. The summed E-state index contributed by atoms with van der Waals surface area (Å²) >= 11 is 0. The minimum Gasteiger partial charge on any atom is -0.249 e. The van der Waals surface area contributed by atoms with Gasteiger partial charge in [0.25, 0.3) is 0 Å². The average molecular weight is 266 g/mol. The Morgan fingerprint density at radius 3 is 1.33 bits per heavy atom. The number of halogens is 4. The van der Waals surface area contributed by atoms with Gasteiger partial charge in [-0.2, -0.15) is 0 Å².